The van der Waals surface area contributed by atoms with Gasteiger partial charge in [-0.05, 0) is 43.4 Å². The van der Waals surface area contributed by atoms with Crippen LogP contribution in [0.1, 0.15) is 50.5 Å². The fourth-order valence-corrected chi connectivity index (χ4v) is 2.89. The van der Waals surface area contributed by atoms with Crippen LogP contribution in [0.3, 0.4) is 0 Å². The van der Waals surface area contributed by atoms with Gasteiger partial charge in [-0.3, -0.25) is 9.59 Å². The van der Waals surface area contributed by atoms with Gasteiger partial charge in [-0.15, -0.1) is 0 Å². The fraction of sp³-hybridized carbons (Fsp3) is 0.529. The van der Waals surface area contributed by atoms with Gasteiger partial charge in [0.05, 0.1) is 0 Å². The Labute approximate surface area is 129 Å². The topological polar surface area (TPSA) is 66.4 Å². The highest BCUT2D eigenvalue weighted by Gasteiger charge is 2.38. The molecule has 0 bridgehead atoms. The molecule has 1 aliphatic carbocycles. The number of amides is 1. The summed E-state index contributed by atoms with van der Waals surface area (Å²) < 4.78 is 13.0. The molecule has 0 aliphatic heterocycles. The summed E-state index contributed by atoms with van der Waals surface area (Å²) in [4.78, 5) is 22.2. The van der Waals surface area contributed by atoms with Crippen molar-refractivity contribution in [2.24, 2.45) is 0 Å². The second-order valence-electron chi connectivity index (χ2n) is 6.02. The average Bonchev–Trinajstić information content (AvgIpc) is 2.44. The molecule has 4 nitrogen and oxygen atoms in total. The van der Waals surface area contributed by atoms with Gasteiger partial charge in [0.1, 0.15) is 5.82 Å². The Morgan fingerprint density at radius 2 is 1.77 bits per heavy atom. The Morgan fingerprint density at radius 3 is 2.32 bits per heavy atom. The van der Waals surface area contributed by atoms with Gasteiger partial charge >= 0.3 is 5.97 Å². The number of hydrogen-bond donors (Lipinski definition) is 2. The minimum atomic E-state index is -0.829. The first-order chi connectivity index (χ1) is 10.5. The number of carboxylic acids is 1. The van der Waals surface area contributed by atoms with E-state index >= 15 is 0 Å². The molecule has 0 spiro atoms. The molecule has 22 heavy (non-hydrogen) atoms. The molecule has 1 amide bonds. The van der Waals surface area contributed by atoms with Gasteiger partial charge in [-0.2, -0.15) is 0 Å². The number of hydrogen-bond acceptors (Lipinski definition) is 2. The molecule has 1 aromatic rings. The zero-order valence-electron chi connectivity index (χ0n) is 12.6. The second kappa shape index (κ2) is 7.38. The Bertz CT molecular complexity index is 523. The number of nitrogens with one attached hydrogen (secondary N) is 1. The predicted octanol–water partition coefficient (Wildman–Crippen LogP) is 3.01. The van der Waals surface area contributed by atoms with Crippen LogP contribution in [0.4, 0.5) is 4.39 Å². The lowest BCUT2D eigenvalue weighted by atomic mass is 9.64. The van der Waals surface area contributed by atoms with E-state index in [1.165, 1.54) is 12.1 Å². The summed E-state index contributed by atoms with van der Waals surface area (Å²) in [5.74, 6) is -1.12. The lowest BCUT2D eigenvalue weighted by Gasteiger charge is -2.42. The van der Waals surface area contributed by atoms with Crippen LogP contribution in [0.25, 0.3) is 0 Å². The number of carbonyl (C=O) groups is 2. The molecule has 0 aromatic heterocycles. The number of carboxylic acid groups (broad SMARTS) is 1. The van der Waals surface area contributed by atoms with E-state index in [0.29, 0.717) is 25.8 Å². The van der Waals surface area contributed by atoms with Crippen LogP contribution in [0, 0.1) is 5.82 Å². The third kappa shape index (κ3) is 4.29. The molecule has 0 radical (unpaired) electrons. The summed E-state index contributed by atoms with van der Waals surface area (Å²) >= 11 is 0. The Balaban J connectivity index is 1.80. The van der Waals surface area contributed by atoms with E-state index in [0.717, 1.165) is 24.8 Å². The standard InChI is InChI=1S/C17H22FNO3/c18-14-8-6-13(7-9-14)17(10-3-11-17)12-19-15(20)4-1-2-5-16(21)22/h6-9H,1-5,10-12H2,(H,19,20)(H,21,22). The van der Waals surface area contributed by atoms with E-state index < -0.39 is 5.97 Å². The molecule has 1 saturated carbocycles. The molecule has 120 valence electrons. The summed E-state index contributed by atoms with van der Waals surface area (Å²) in [5, 5.41) is 11.5. The van der Waals surface area contributed by atoms with Crippen molar-refractivity contribution < 1.29 is 19.1 Å². The van der Waals surface area contributed by atoms with Gasteiger partial charge in [0.15, 0.2) is 0 Å². The smallest absolute Gasteiger partial charge is 0.303 e. The molecule has 0 saturated heterocycles. The zero-order valence-corrected chi connectivity index (χ0v) is 12.6. The summed E-state index contributed by atoms with van der Waals surface area (Å²) in [6, 6.07) is 6.52. The largest absolute Gasteiger partial charge is 0.481 e. The van der Waals surface area contributed by atoms with Crippen LogP contribution in [-0.4, -0.2) is 23.5 Å². The molecular formula is C17H22FNO3. The number of unbranched alkanes of at least 4 members (excludes halogenated alkanes) is 1. The minimum absolute atomic E-state index is 0.0428. The van der Waals surface area contributed by atoms with Crippen molar-refractivity contribution in [1.29, 1.82) is 0 Å². The predicted molar refractivity (Wildman–Crippen MR) is 81.0 cm³/mol. The van der Waals surface area contributed by atoms with E-state index in [-0.39, 0.29) is 23.6 Å². The SMILES string of the molecule is O=C(O)CCCCC(=O)NCC1(c2ccc(F)cc2)CCC1. The van der Waals surface area contributed by atoms with Gasteiger partial charge in [0, 0.05) is 24.8 Å². The van der Waals surface area contributed by atoms with Crippen molar-refractivity contribution in [3.63, 3.8) is 0 Å². The van der Waals surface area contributed by atoms with Gasteiger partial charge in [0.2, 0.25) is 5.91 Å². The number of aliphatic carboxylic acids is 1. The van der Waals surface area contributed by atoms with Crippen molar-refractivity contribution in [1.82, 2.24) is 5.32 Å². The molecule has 2 N–H and O–H groups in total. The molecule has 1 aromatic carbocycles. The lowest BCUT2D eigenvalue weighted by Crippen LogP contribution is -2.45. The number of carbonyl (C=O) groups excluding carboxylic acids is 1. The van der Waals surface area contributed by atoms with Gasteiger partial charge in [-0.25, -0.2) is 4.39 Å². The maximum atomic E-state index is 13.0. The average molecular weight is 307 g/mol. The highest BCUT2D eigenvalue weighted by atomic mass is 19.1. The molecule has 2 rings (SSSR count). The van der Waals surface area contributed by atoms with E-state index in [2.05, 4.69) is 5.32 Å². The number of halogens is 1. The van der Waals surface area contributed by atoms with Crippen LogP contribution >= 0.6 is 0 Å². The highest BCUT2D eigenvalue weighted by Crippen LogP contribution is 2.43. The molecule has 0 atom stereocenters. The second-order valence-corrected chi connectivity index (χ2v) is 6.02. The summed E-state index contributed by atoms with van der Waals surface area (Å²) in [6.45, 7) is 0.566. The molecule has 5 heteroatoms. The van der Waals surface area contributed by atoms with Gasteiger partial charge in [-0.1, -0.05) is 18.6 Å². The Morgan fingerprint density at radius 1 is 1.14 bits per heavy atom. The monoisotopic (exact) mass is 307 g/mol. The van der Waals surface area contributed by atoms with Crippen molar-refractivity contribution in [2.45, 2.75) is 50.4 Å². The van der Waals surface area contributed by atoms with Gasteiger partial charge < -0.3 is 10.4 Å². The molecule has 0 heterocycles. The highest BCUT2D eigenvalue weighted by molar-refractivity contribution is 5.76. The molecule has 1 fully saturated rings. The van der Waals surface area contributed by atoms with Crippen molar-refractivity contribution in [3.05, 3.63) is 35.6 Å². The lowest BCUT2D eigenvalue weighted by molar-refractivity contribution is -0.137. The van der Waals surface area contributed by atoms with Crippen LogP contribution < -0.4 is 5.32 Å². The maximum absolute atomic E-state index is 13.0. The minimum Gasteiger partial charge on any atom is -0.481 e. The van der Waals surface area contributed by atoms with Crippen LogP contribution in [0.15, 0.2) is 24.3 Å². The number of rotatable bonds is 8. The maximum Gasteiger partial charge on any atom is 0.303 e. The third-order valence-corrected chi connectivity index (χ3v) is 4.44. The summed E-state index contributed by atoms with van der Waals surface area (Å²) in [5.41, 5.74) is 1.01. The fourth-order valence-electron chi connectivity index (χ4n) is 2.89. The summed E-state index contributed by atoms with van der Waals surface area (Å²) in [7, 11) is 0. The molecule has 0 unspecified atom stereocenters. The quantitative estimate of drug-likeness (QED) is 0.726. The Hall–Kier alpha value is -1.91. The zero-order chi connectivity index (χ0) is 16.0. The van der Waals surface area contributed by atoms with Gasteiger partial charge in [0.25, 0.3) is 0 Å². The van der Waals surface area contributed by atoms with Crippen LogP contribution in [0.5, 0.6) is 0 Å². The Kier molecular flexibility index (Phi) is 5.52. The van der Waals surface area contributed by atoms with Crippen molar-refractivity contribution in [2.75, 3.05) is 6.54 Å². The first kappa shape index (κ1) is 16.5. The first-order valence-electron chi connectivity index (χ1n) is 7.76. The van der Waals surface area contributed by atoms with E-state index in [4.69, 9.17) is 5.11 Å². The van der Waals surface area contributed by atoms with Crippen molar-refractivity contribution in [3.8, 4) is 0 Å². The molecular weight excluding hydrogens is 285 g/mol. The van der Waals surface area contributed by atoms with Crippen LogP contribution in [-0.2, 0) is 15.0 Å². The van der Waals surface area contributed by atoms with E-state index in [9.17, 15) is 14.0 Å². The van der Waals surface area contributed by atoms with Crippen molar-refractivity contribution >= 4 is 11.9 Å². The third-order valence-electron chi connectivity index (χ3n) is 4.44. The normalized spacial score (nSPS) is 15.9. The van der Waals surface area contributed by atoms with Crippen LogP contribution in [0.2, 0.25) is 0 Å². The molecule has 1 aliphatic rings. The number of benzene rings is 1. The summed E-state index contributed by atoms with van der Waals surface area (Å²) in [6.07, 6.45) is 4.68. The van der Waals surface area contributed by atoms with E-state index in [1.807, 2.05) is 0 Å². The van der Waals surface area contributed by atoms with E-state index in [1.54, 1.807) is 12.1 Å². The first-order valence-corrected chi connectivity index (χ1v) is 7.76.